The number of hydrogen-bond acceptors (Lipinski definition) is 1. The summed E-state index contributed by atoms with van der Waals surface area (Å²) >= 11 is 1.87. The van der Waals surface area contributed by atoms with Crippen molar-refractivity contribution in [3.63, 3.8) is 0 Å². The Morgan fingerprint density at radius 2 is 0.825 bits per heavy atom. The van der Waals surface area contributed by atoms with Crippen molar-refractivity contribution in [2.24, 2.45) is 0 Å². The molecule has 0 amide bonds. The molecule has 12 rings (SSSR count). The minimum Gasteiger partial charge on any atom is -0.309 e. The highest BCUT2D eigenvalue weighted by atomic mass is 32.1. The first kappa shape index (κ1) is 32.1. The molecule has 0 aliphatic carbocycles. The van der Waals surface area contributed by atoms with Crippen molar-refractivity contribution in [1.29, 1.82) is 0 Å². The standard InChI is InChI=1S/C54H34N2S/c1-3-14-35(15-4-1)37-18-13-19-40(32-37)55-46-23-10-7-20-41(46)44-33-38(26-28-48(44)55)39-27-29-49-45(34-39)42-21-8-11-24-47(42)56(49)50-30-31-52-54(43-22-9-12-25-51(43)57-52)53(50)36-16-5-2-6-17-36/h1-34H. The highest BCUT2D eigenvalue weighted by Gasteiger charge is 2.21. The molecule has 2 nitrogen and oxygen atoms in total. The molecule has 3 heteroatoms. The molecule has 3 heterocycles. The van der Waals surface area contributed by atoms with Crippen molar-refractivity contribution < 1.29 is 0 Å². The Hall–Kier alpha value is -7.20. The first-order chi connectivity index (χ1) is 28.3. The molecule has 0 aliphatic heterocycles. The van der Waals surface area contributed by atoms with E-state index in [-0.39, 0.29) is 0 Å². The minimum absolute atomic E-state index is 1.16. The lowest BCUT2D eigenvalue weighted by Crippen LogP contribution is -1.98. The van der Waals surface area contributed by atoms with E-state index in [1.54, 1.807) is 0 Å². The first-order valence-corrected chi connectivity index (χ1v) is 20.3. The van der Waals surface area contributed by atoms with Crippen LogP contribution in [-0.4, -0.2) is 9.13 Å². The fourth-order valence-corrected chi connectivity index (χ4v) is 10.3. The van der Waals surface area contributed by atoms with Crippen LogP contribution < -0.4 is 0 Å². The van der Waals surface area contributed by atoms with Crippen molar-refractivity contribution >= 4 is 75.1 Å². The molecule has 3 aromatic heterocycles. The van der Waals surface area contributed by atoms with Crippen molar-refractivity contribution in [2.45, 2.75) is 0 Å². The van der Waals surface area contributed by atoms with E-state index < -0.39 is 0 Å². The second-order valence-electron chi connectivity index (χ2n) is 14.9. The summed E-state index contributed by atoms with van der Waals surface area (Å²) < 4.78 is 7.52. The molecule has 9 aromatic carbocycles. The molecule has 0 atom stereocenters. The van der Waals surface area contributed by atoms with Gasteiger partial charge in [0.05, 0.1) is 27.8 Å². The van der Waals surface area contributed by atoms with E-state index >= 15 is 0 Å². The molecule has 0 unspecified atom stereocenters. The molecule has 12 aromatic rings. The van der Waals surface area contributed by atoms with E-state index in [1.165, 1.54) is 103 Å². The Morgan fingerprint density at radius 3 is 1.53 bits per heavy atom. The summed E-state index contributed by atoms with van der Waals surface area (Å²) in [6.45, 7) is 0. The van der Waals surface area contributed by atoms with Gasteiger partial charge in [0.25, 0.3) is 0 Å². The Morgan fingerprint density at radius 1 is 0.298 bits per heavy atom. The van der Waals surface area contributed by atoms with E-state index in [1.807, 2.05) is 11.3 Å². The number of para-hydroxylation sites is 2. The maximum Gasteiger partial charge on any atom is 0.0547 e. The van der Waals surface area contributed by atoms with E-state index in [2.05, 4.69) is 215 Å². The van der Waals surface area contributed by atoms with Gasteiger partial charge in [-0.3, -0.25) is 0 Å². The summed E-state index contributed by atoms with van der Waals surface area (Å²) in [6.07, 6.45) is 0. The van der Waals surface area contributed by atoms with Crippen LogP contribution in [0.4, 0.5) is 0 Å². The van der Waals surface area contributed by atoms with Crippen LogP contribution in [0, 0.1) is 0 Å². The van der Waals surface area contributed by atoms with Crippen LogP contribution in [0.15, 0.2) is 206 Å². The fourth-order valence-electron chi connectivity index (χ4n) is 9.19. The normalized spacial score (nSPS) is 11.9. The van der Waals surface area contributed by atoms with Crippen LogP contribution >= 0.6 is 11.3 Å². The molecule has 266 valence electrons. The summed E-state index contributed by atoms with van der Waals surface area (Å²) in [5.74, 6) is 0. The van der Waals surface area contributed by atoms with Gasteiger partial charge in [0.15, 0.2) is 0 Å². The number of thiophene rings is 1. The van der Waals surface area contributed by atoms with Crippen LogP contribution in [0.2, 0.25) is 0 Å². The smallest absolute Gasteiger partial charge is 0.0547 e. The van der Waals surface area contributed by atoms with Crippen molar-refractivity contribution in [3.8, 4) is 44.8 Å². The highest BCUT2D eigenvalue weighted by Crippen LogP contribution is 2.46. The molecule has 57 heavy (non-hydrogen) atoms. The average molecular weight is 743 g/mol. The zero-order valence-corrected chi connectivity index (χ0v) is 31.7. The van der Waals surface area contributed by atoms with Crippen LogP contribution in [0.25, 0.3) is 109 Å². The maximum atomic E-state index is 2.49. The van der Waals surface area contributed by atoms with Crippen LogP contribution in [-0.2, 0) is 0 Å². The van der Waals surface area contributed by atoms with Gasteiger partial charge in [-0.15, -0.1) is 11.3 Å². The van der Waals surface area contributed by atoms with E-state index in [9.17, 15) is 0 Å². The van der Waals surface area contributed by atoms with Gasteiger partial charge in [-0.2, -0.15) is 0 Å². The van der Waals surface area contributed by atoms with Crippen molar-refractivity contribution in [3.05, 3.63) is 206 Å². The lowest BCUT2D eigenvalue weighted by molar-refractivity contribution is 1.18. The largest absolute Gasteiger partial charge is 0.309 e. The molecule has 0 saturated carbocycles. The monoisotopic (exact) mass is 742 g/mol. The maximum absolute atomic E-state index is 2.49. The molecular weight excluding hydrogens is 709 g/mol. The van der Waals surface area contributed by atoms with Crippen LogP contribution in [0.3, 0.4) is 0 Å². The number of rotatable bonds is 5. The third-order valence-electron chi connectivity index (χ3n) is 11.7. The lowest BCUT2D eigenvalue weighted by Gasteiger charge is -2.16. The number of fused-ring (bicyclic) bond motifs is 9. The Labute approximate surface area is 333 Å². The topological polar surface area (TPSA) is 9.86 Å². The number of hydrogen-bond donors (Lipinski definition) is 0. The zero-order chi connectivity index (χ0) is 37.5. The first-order valence-electron chi connectivity index (χ1n) is 19.5. The van der Waals surface area contributed by atoms with Crippen LogP contribution in [0.1, 0.15) is 0 Å². The summed E-state index contributed by atoms with van der Waals surface area (Å²) in [7, 11) is 0. The second kappa shape index (κ2) is 12.7. The van der Waals surface area contributed by atoms with Crippen LogP contribution in [0.5, 0.6) is 0 Å². The molecule has 0 spiro atoms. The van der Waals surface area contributed by atoms with Gasteiger partial charge in [0, 0.05) is 53.0 Å². The number of nitrogens with zero attached hydrogens (tertiary/aromatic N) is 2. The van der Waals surface area contributed by atoms with Gasteiger partial charge >= 0.3 is 0 Å². The number of benzene rings is 9. The Bertz CT molecular complexity index is 3510. The zero-order valence-electron chi connectivity index (χ0n) is 30.9. The number of aromatic nitrogens is 2. The van der Waals surface area contributed by atoms with Crippen molar-refractivity contribution in [1.82, 2.24) is 9.13 Å². The third kappa shape index (κ3) is 4.96. The van der Waals surface area contributed by atoms with Gasteiger partial charge in [0.2, 0.25) is 0 Å². The van der Waals surface area contributed by atoms with E-state index in [0.29, 0.717) is 0 Å². The predicted octanol–water partition coefficient (Wildman–Crippen LogP) is 15.2. The quantitative estimate of drug-likeness (QED) is 0.166. The molecule has 0 bridgehead atoms. The van der Waals surface area contributed by atoms with Gasteiger partial charge in [-0.05, 0) is 94.5 Å². The summed E-state index contributed by atoms with van der Waals surface area (Å²) in [6, 6.07) is 75.6. The average Bonchev–Trinajstić information content (AvgIpc) is 3.94. The highest BCUT2D eigenvalue weighted by molar-refractivity contribution is 7.26. The summed E-state index contributed by atoms with van der Waals surface area (Å²) in [5, 5.41) is 7.63. The van der Waals surface area contributed by atoms with E-state index in [0.717, 1.165) is 5.69 Å². The molecular formula is C54H34N2S. The Balaban J connectivity index is 1.05. The van der Waals surface area contributed by atoms with Gasteiger partial charge in [-0.25, -0.2) is 0 Å². The summed E-state index contributed by atoms with van der Waals surface area (Å²) in [4.78, 5) is 0. The second-order valence-corrected chi connectivity index (χ2v) is 16.0. The fraction of sp³-hybridized carbons (Fsp3) is 0. The molecule has 0 aliphatic rings. The SMILES string of the molecule is c1ccc(-c2cccc(-n3c4ccccc4c4cc(-c5ccc6c(c5)c5ccccc5n6-c5ccc6sc7ccccc7c6c5-c5ccccc5)ccc43)c2)cc1. The summed E-state index contributed by atoms with van der Waals surface area (Å²) in [5.41, 5.74) is 14.5. The molecule has 0 saturated heterocycles. The van der Waals surface area contributed by atoms with Gasteiger partial charge in [-0.1, -0.05) is 140 Å². The molecule has 0 N–H and O–H groups in total. The van der Waals surface area contributed by atoms with Gasteiger partial charge < -0.3 is 9.13 Å². The van der Waals surface area contributed by atoms with E-state index in [4.69, 9.17) is 0 Å². The molecule has 0 radical (unpaired) electrons. The van der Waals surface area contributed by atoms with Gasteiger partial charge in [0.1, 0.15) is 0 Å². The molecule has 0 fully saturated rings. The minimum atomic E-state index is 1.16. The van der Waals surface area contributed by atoms with Crippen molar-refractivity contribution in [2.75, 3.05) is 0 Å². The predicted molar refractivity (Wildman–Crippen MR) is 244 cm³/mol. The third-order valence-corrected chi connectivity index (χ3v) is 12.9. The Kier molecular flexibility index (Phi) is 7.13. The lowest BCUT2D eigenvalue weighted by atomic mass is 9.97.